The highest BCUT2D eigenvalue weighted by Gasteiger charge is 2.08. The summed E-state index contributed by atoms with van der Waals surface area (Å²) in [6.45, 7) is 0.860. The Balaban J connectivity index is 0.000000128. The minimum atomic E-state index is 0.860. The van der Waals surface area contributed by atoms with Gasteiger partial charge in [0, 0.05) is 6.42 Å². The van der Waals surface area contributed by atoms with E-state index in [9.17, 15) is 0 Å². The number of fused-ring (bicyclic) bond motifs is 1. The molecule has 0 fully saturated rings. The maximum Gasteiger partial charge on any atom is 0.122 e. The molecule has 1 aromatic carbocycles. The lowest BCUT2D eigenvalue weighted by molar-refractivity contribution is 0.357. The van der Waals surface area contributed by atoms with Crippen LogP contribution in [0.4, 0.5) is 0 Å². The molecule has 1 aromatic heterocycles. The third-order valence-corrected chi connectivity index (χ3v) is 2.03. The zero-order chi connectivity index (χ0) is 9.64. The Bertz CT molecular complexity index is 325. The lowest BCUT2D eigenvalue weighted by Crippen LogP contribution is -1.85. The maximum atomic E-state index is 5.30. The van der Waals surface area contributed by atoms with Crippen LogP contribution in [0.5, 0.6) is 5.75 Å². The van der Waals surface area contributed by atoms with E-state index in [1.54, 1.807) is 12.5 Å². The second-order valence-corrected chi connectivity index (χ2v) is 3.00. The maximum absolute atomic E-state index is 5.30. The zero-order valence-electron chi connectivity index (χ0n) is 7.85. The van der Waals surface area contributed by atoms with Gasteiger partial charge in [0.25, 0.3) is 0 Å². The van der Waals surface area contributed by atoms with Gasteiger partial charge in [-0.15, -0.1) is 0 Å². The number of hydrogen-bond acceptors (Lipinski definition) is 2. The van der Waals surface area contributed by atoms with Crippen LogP contribution in [0, 0.1) is 0 Å². The van der Waals surface area contributed by atoms with Gasteiger partial charge in [-0.3, -0.25) is 0 Å². The summed E-state index contributed by atoms with van der Waals surface area (Å²) in [7, 11) is 0. The van der Waals surface area contributed by atoms with Gasteiger partial charge in [-0.2, -0.15) is 0 Å². The molecule has 0 atom stereocenters. The van der Waals surface area contributed by atoms with Crippen LogP contribution in [0.15, 0.2) is 53.3 Å². The third-order valence-electron chi connectivity index (χ3n) is 2.03. The molecule has 0 amide bonds. The van der Waals surface area contributed by atoms with Crippen molar-refractivity contribution in [3.63, 3.8) is 0 Å². The van der Waals surface area contributed by atoms with Crippen molar-refractivity contribution in [2.45, 2.75) is 6.42 Å². The highest BCUT2D eigenvalue weighted by molar-refractivity contribution is 5.35. The summed E-state index contributed by atoms with van der Waals surface area (Å²) in [5.74, 6) is 1.07. The van der Waals surface area contributed by atoms with Gasteiger partial charge in [-0.25, -0.2) is 0 Å². The minimum absolute atomic E-state index is 0.860. The number of rotatable bonds is 0. The molecule has 3 rings (SSSR count). The van der Waals surface area contributed by atoms with E-state index in [0.717, 1.165) is 18.8 Å². The van der Waals surface area contributed by atoms with E-state index in [1.165, 1.54) is 5.56 Å². The molecule has 0 N–H and O–H groups in total. The highest BCUT2D eigenvalue weighted by Crippen LogP contribution is 2.23. The quantitative estimate of drug-likeness (QED) is 0.634. The van der Waals surface area contributed by atoms with Crippen molar-refractivity contribution in [3.8, 4) is 5.75 Å². The smallest absolute Gasteiger partial charge is 0.122 e. The van der Waals surface area contributed by atoms with E-state index in [-0.39, 0.29) is 0 Å². The number of ether oxygens (including phenoxy) is 1. The average Bonchev–Trinajstić information content (AvgIpc) is 2.92. The van der Waals surface area contributed by atoms with Crippen LogP contribution in [-0.4, -0.2) is 6.61 Å². The monoisotopic (exact) mass is 188 g/mol. The van der Waals surface area contributed by atoms with Crippen molar-refractivity contribution >= 4 is 0 Å². The van der Waals surface area contributed by atoms with Gasteiger partial charge in [0.05, 0.1) is 19.1 Å². The van der Waals surface area contributed by atoms with Gasteiger partial charge in [-0.1, -0.05) is 18.2 Å². The van der Waals surface area contributed by atoms with E-state index >= 15 is 0 Å². The zero-order valence-corrected chi connectivity index (χ0v) is 7.85. The van der Waals surface area contributed by atoms with Crippen LogP contribution in [0.25, 0.3) is 0 Å². The first-order chi connectivity index (χ1) is 6.97. The average molecular weight is 188 g/mol. The molecule has 72 valence electrons. The fourth-order valence-electron chi connectivity index (χ4n) is 1.35. The Morgan fingerprint density at radius 2 is 1.71 bits per heavy atom. The first-order valence-corrected chi connectivity index (χ1v) is 4.65. The van der Waals surface area contributed by atoms with E-state index in [4.69, 9.17) is 4.74 Å². The van der Waals surface area contributed by atoms with Crippen molar-refractivity contribution in [3.05, 3.63) is 54.5 Å². The van der Waals surface area contributed by atoms with Crippen LogP contribution in [0.2, 0.25) is 0 Å². The largest absolute Gasteiger partial charge is 0.493 e. The predicted octanol–water partition coefficient (Wildman–Crippen LogP) is 2.90. The molecule has 1 aliphatic rings. The fraction of sp³-hybridized carbons (Fsp3) is 0.167. The third kappa shape index (κ3) is 2.16. The van der Waals surface area contributed by atoms with Gasteiger partial charge in [0.1, 0.15) is 5.75 Å². The van der Waals surface area contributed by atoms with Crippen molar-refractivity contribution in [1.29, 1.82) is 0 Å². The molecule has 0 unspecified atom stereocenters. The number of benzene rings is 1. The molecular formula is C12H12O2. The Hall–Kier alpha value is -1.70. The molecule has 0 aliphatic carbocycles. The normalized spacial score (nSPS) is 12.3. The molecule has 1 aliphatic heterocycles. The van der Waals surface area contributed by atoms with E-state index < -0.39 is 0 Å². The van der Waals surface area contributed by atoms with Gasteiger partial charge in [0.15, 0.2) is 0 Å². The molecule has 0 saturated heterocycles. The van der Waals surface area contributed by atoms with E-state index in [1.807, 2.05) is 30.3 Å². The Kier molecular flexibility index (Phi) is 2.86. The summed E-state index contributed by atoms with van der Waals surface area (Å²) in [4.78, 5) is 0. The van der Waals surface area contributed by atoms with Gasteiger partial charge >= 0.3 is 0 Å². The number of para-hydroxylation sites is 1. The summed E-state index contributed by atoms with van der Waals surface area (Å²) in [5, 5.41) is 0. The molecule has 2 heteroatoms. The van der Waals surface area contributed by atoms with Crippen LogP contribution in [-0.2, 0) is 6.42 Å². The lowest BCUT2D eigenvalue weighted by atomic mass is 10.2. The first-order valence-electron chi connectivity index (χ1n) is 4.65. The molecule has 2 nitrogen and oxygen atoms in total. The minimum Gasteiger partial charge on any atom is -0.493 e. The topological polar surface area (TPSA) is 22.4 Å². The molecule has 0 spiro atoms. The lowest BCUT2D eigenvalue weighted by Gasteiger charge is -1.93. The Morgan fingerprint density at radius 1 is 0.929 bits per heavy atom. The molecule has 14 heavy (non-hydrogen) atoms. The van der Waals surface area contributed by atoms with Crippen molar-refractivity contribution < 1.29 is 9.15 Å². The summed E-state index contributed by atoms with van der Waals surface area (Å²) >= 11 is 0. The van der Waals surface area contributed by atoms with Crippen molar-refractivity contribution in [1.82, 2.24) is 0 Å². The predicted molar refractivity (Wildman–Crippen MR) is 54.3 cm³/mol. The van der Waals surface area contributed by atoms with Crippen molar-refractivity contribution in [2.75, 3.05) is 6.61 Å². The van der Waals surface area contributed by atoms with E-state index in [2.05, 4.69) is 10.5 Å². The molecule has 0 radical (unpaired) electrons. The van der Waals surface area contributed by atoms with Crippen LogP contribution in [0.3, 0.4) is 0 Å². The van der Waals surface area contributed by atoms with Crippen LogP contribution >= 0.6 is 0 Å². The summed E-state index contributed by atoms with van der Waals surface area (Å²) in [6.07, 6.45) is 4.33. The Morgan fingerprint density at radius 3 is 2.36 bits per heavy atom. The number of furan rings is 1. The number of hydrogen-bond donors (Lipinski definition) is 0. The summed E-state index contributed by atoms with van der Waals surface area (Å²) in [6, 6.07) is 11.8. The highest BCUT2D eigenvalue weighted by atomic mass is 16.5. The summed E-state index contributed by atoms with van der Waals surface area (Å²) < 4.78 is 9.88. The fourth-order valence-corrected chi connectivity index (χ4v) is 1.35. The molecule has 0 bridgehead atoms. The molecular weight excluding hydrogens is 176 g/mol. The van der Waals surface area contributed by atoms with Gasteiger partial charge < -0.3 is 9.15 Å². The van der Waals surface area contributed by atoms with Crippen LogP contribution < -0.4 is 4.74 Å². The Labute approximate surface area is 83.1 Å². The van der Waals surface area contributed by atoms with Gasteiger partial charge in [-0.05, 0) is 23.8 Å². The van der Waals surface area contributed by atoms with E-state index in [0.29, 0.717) is 0 Å². The summed E-state index contributed by atoms with van der Waals surface area (Å²) in [5.41, 5.74) is 1.34. The van der Waals surface area contributed by atoms with Crippen LogP contribution in [0.1, 0.15) is 5.56 Å². The second-order valence-electron chi connectivity index (χ2n) is 3.00. The molecule has 2 heterocycles. The SMILES string of the molecule is c1ccc2c(c1)CCO2.c1ccoc1. The second kappa shape index (κ2) is 4.51. The molecule has 2 aromatic rings. The van der Waals surface area contributed by atoms with Crippen molar-refractivity contribution in [2.24, 2.45) is 0 Å². The molecule has 0 saturated carbocycles. The first kappa shape index (κ1) is 8.88. The van der Waals surface area contributed by atoms with Gasteiger partial charge in [0.2, 0.25) is 0 Å². The standard InChI is InChI=1S/C8H8O.C4H4O/c1-2-4-8-7(3-1)5-6-9-8;1-2-4-5-3-1/h1-4H,5-6H2;1-4H.